The summed E-state index contributed by atoms with van der Waals surface area (Å²) in [6.45, 7) is 4.35. The Morgan fingerprint density at radius 3 is 2.68 bits per heavy atom. The van der Waals surface area contributed by atoms with E-state index >= 15 is 0 Å². The first kappa shape index (κ1) is 14.1. The highest BCUT2D eigenvalue weighted by Gasteiger charge is 2.25. The first-order valence-corrected chi connectivity index (χ1v) is 7.17. The van der Waals surface area contributed by atoms with Crippen molar-refractivity contribution in [2.24, 2.45) is 11.8 Å². The Kier molecular flexibility index (Phi) is 5.40. The topological polar surface area (TPSA) is 38.3 Å². The number of hydrogen-bond acceptors (Lipinski definition) is 2. The van der Waals surface area contributed by atoms with Crippen LogP contribution in [0.25, 0.3) is 0 Å². The molecule has 1 aromatic carbocycles. The zero-order chi connectivity index (χ0) is 13.5. The summed E-state index contributed by atoms with van der Waals surface area (Å²) in [6, 6.07) is 10.3. The molecule has 104 valence electrons. The maximum atomic E-state index is 12.1. The van der Waals surface area contributed by atoms with E-state index in [0.29, 0.717) is 5.92 Å². The minimum Gasteiger partial charge on any atom is -0.381 e. The Hall–Kier alpha value is -1.35. The van der Waals surface area contributed by atoms with Crippen LogP contribution in [0.2, 0.25) is 0 Å². The Morgan fingerprint density at radius 1 is 1.32 bits per heavy atom. The summed E-state index contributed by atoms with van der Waals surface area (Å²) in [5.74, 6) is 0.757. The number of nitrogens with one attached hydrogen (secondary N) is 1. The molecule has 1 N–H and O–H groups in total. The summed E-state index contributed by atoms with van der Waals surface area (Å²) in [6.07, 6.45) is 2.91. The molecule has 3 nitrogen and oxygen atoms in total. The van der Waals surface area contributed by atoms with E-state index in [4.69, 9.17) is 4.74 Å². The molecule has 1 aromatic rings. The lowest BCUT2D eigenvalue weighted by Crippen LogP contribution is -2.36. The molecule has 0 unspecified atom stereocenters. The molecule has 2 rings (SSSR count). The molecule has 0 aromatic heterocycles. The standard InChI is InChI=1S/C16H23NO2/c1-13(15-8-11-19-12-9-15)16(18)17-10-7-14-5-3-2-4-6-14/h2-6,13,15H,7-12H2,1H3,(H,17,18)/t13-/m0/s1. The molecule has 0 radical (unpaired) electrons. The van der Waals surface area contributed by atoms with E-state index in [1.807, 2.05) is 25.1 Å². The predicted octanol–water partition coefficient (Wildman–Crippen LogP) is 2.41. The van der Waals surface area contributed by atoms with E-state index in [1.54, 1.807) is 0 Å². The molecule has 0 aliphatic carbocycles. The zero-order valence-corrected chi connectivity index (χ0v) is 11.6. The fourth-order valence-electron chi connectivity index (χ4n) is 2.57. The Morgan fingerprint density at radius 2 is 2.00 bits per heavy atom. The third-order valence-electron chi connectivity index (χ3n) is 3.94. The first-order chi connectivity index (χ1) is 9.27. The highest BCUT2D eigenvalue weighted by Crippen LogP contribution is 2.23. The van der Waals surface area contributed by atoms with Gasteiger partial charge in [0.1, 0.15) is 0 Å². The lowest BCUT2D eigenvalue weighted by Gasteiger charge is -2.26. The molecule has 0 saturated carbocycles. The number of carbonyl (C=O) groups is 1. The van der Waals surface area contributed by atoms with Gasteiger partial charge >= 0.3 is 0 Å². The second-order valence-corrected chi connectivity index (χ2v) is 5.27. The third-order valence-corrected chi connectivity index (χ3v) is 3.94. The van der Waals surface area contributed by atoms with E-state index in [1.165, 1.54) is 5.56 Å². The lowest BCUT2D eigenvalue weighted by molar-refractivity contribution is -0.127. The van der Waals surface area contributed by atoms with Crippen LogP contribution in [-0.4, -0.2) is 25.7 Å². The van der Waals surface area contributed by atoms with Crippen molar-refractivity contribution in [3.63, 3.8) is 0 Å². The number of rotatable bonds is 5. The van der Waals surface area contributed by atoms with Crippen molar-refractivity contribution in [3.05, 3.63) is 35.9 Å². The van der Waals surface area contributed by atoms with Crippen molar-refractivity contribution >= 4 is 5.91 Å². The molecule has 1 aliphatic rings. The normalized spacial score (nSPS) is 17.9. The number of amides is 1. The van der Waals surface area contributed by atoms with Crippen LogP contribution in [-0.2, 0) is 16.0 Å². The summed E-state index contributed by atoms with van der Waals surface area (Å²) in [4.78, 5) is 12.1. The molecule has 1 fully saturated rings. The number of ether oxygens (including phenoxy) is 1. The fraction of sp³-hybridized carbons (Fsp3) is 0.562. The number of benzene rings is 1. The average molecular weight is 261 g/mol. The summed E-state index contributed by atoms with van der Waals surface area (Å²) in [7, 11) is 0. The summed E-state index contributed by atoms with van der Waals surface area (Å²) in [5, 5.41) is 3.05. The minimum atomic E-state index is 0.0969. The Balaban J connectivity index is 1.71. The molecule has 0 bridgehead atoms. The van der Waals surface area contributed by atoms with Gasteiger partial charge in [0.25, 0.3) is 0 Å². The van der Waals surface area contributed by atoms with Crippen molar-refractivity contribution in [1.29, 1.82) is 0 Å². The highest BCUT2D eigenvalue weighted by molar-refractivity contribution is 5.78. The van der Waals surface area contributed by atoms with E-state index in [0.717, 1.165) is 39.0 Å². The maximum Gasteiger partial charge on any atom is 0.223 e. The van der Waals surface area contributed by atoms with Crippen LogP contribution in [0.15, 0.2) is 30.3 Å². The van der Waals surface area contributed by atoms with Gasteiger partial charge in [-0.25, -0.2) is 0 Å². The molecule has 3 heteroatoms. The zero-order valence-electron chi connectivity index (χ0n) is 11.6. The van der Waals surface area contributed by atoms with Gasteiger partial charge in [-0.1, -0.05) is 37.3 Å². The van der Waals surface area contributed by atoms with Gasteiger partial charge in [0.05, 0.1) is 0 Å². The van der Waals surface area contributed by atoms with Crippen molar-refractivity contribution in [3.8, 4) is 0 Å². The third kappa shape index (κ3) is 4.35. The minimum absolute atomic E-state index is 0.0969. The predicted molar refractivity (Wildman–Crippen MR) is 75.9 cm³/mol. The highest BCUT2D eigenvalue weighted by atomic mass is 16.5. The van der Waals surface area contributed by atoms with Gasteiger partial charge in [-0.2, -0.15) is 0 Å². The van der Waals surface area contributed by atoms with Gasteiger partial charge in [-0.15, -0.1) is 0 Å². The van der Waals surface area contributed by atoms with Crippen LogP contribution < -0.4 is 5.32 Å². The van der Waals surface area contributed by atoms with E-state index in [2.05, 4.69) is 17.4 Å². The second kappa shape index (κ2) is 7.29. The molecule has 19 heavy (non-hydrogen) atoms. The monoisotopic (exact) mass is 261 g/mol. The molecule has 1 atom stereocenters. The van der Waals surface area contributed by atoms with Crippen LogP contribution in [0, 0.1) is 11.8 Å². The molecular formula is C16H23NO2. The summed E-state index contributed by atoms with van der Waals surface area (Å²) < 4.78 is 5.34. The van der Waals surface area contributed by atoms with Gasteiger partial charge < -0.3 is 10.1 Å². The van der Waals surface area contributed by atoms with Gasteiger partial charge in [-0.3, -0.25) is 4.79 Å². The summed E-state index contributed by atoms with van der Waals surface area (Å²) >= 11 is 0. The average Bonchev–Trinajstić information content (AvgIpc) is 2.48. The second-order valence-electron chi connectivity index (χ2n) is 5.27. The SMILES string of the molecule is C[C@H](C(=O)NCCc1ccccc1)C1CCOCC1. The molecule has 1 saturated heterocycles. The Bertz CT molecular complexity index is 385. The fourth-order valence-corrected chi connectivity index (χ4v) is 2.57. The quantitative estimate of drug-likeness (QED) is 0.884. The van der Waals surface area contributed by atoms with E-state index in [-0.39, 0.29) is 11.8 Å². The van der Waals surface area contributed by atoms with E-state index < -0.39 is 0 Å². The molecule has 1 aliphatic heterocycles. The molecular weight excluding hydrogens is 238 g/mol. The van der Waals surface area contributed by atoms with Gasteiger partial charge in [0.2, 0.25) is 5.91 Å². The van der Waals surface area contributed by atoms with Crippen molar-refractivity contribution < 1.29 is 9.53 Å². The first-order valence-electron chi connectivity index (χ1n) is 7.17. The maximum absolute atomic E-state index is 12.1. The van der Waals surface area contributed by atoms with Crippen molar-refractivity contribution in [1.82, 2.24) is 5.32 Å². The van der Waals surface area contributed by atoms with Crippen LogP contribution in [0.4, 0.5) is 0 Å². The van der Waals surface area contributed by atoms with Crippen LogP contribution >= 0.6 is 0 Å². The Labute approximate surface area is 115 Å². The van der Waals surface area contributed by atoms with Crippen molar-refractivity contribution in [2.75, 3.05) is 19.8 Å². The van der Waals surface area contributed by atoms with Crippen molar-refractivity contribution in [2.45, 2.75) is 26.2 Å². The van der Waals surface area contributed by atoms with Crippen LogP contribution in [0.3, 0.4) is 0 Å². The lowest BCUT2D eigenvalue weighted by atomic mass is 9.87. The smallest absolute Gasteiger partial charge is 0.223 e. The number of carbonyl (C=O) groups excluding carboxylic acids is 1. The largest absolute Gasteiger partial charge is 0.381 e. The molecule has 0 spiro atoms. The van der Waals surface area contributed by atoms with Crippen LogP contribution in [0.1, 0.15) is 25.3 Å². The number of hydrogen-bond donors (Lipinski definition) is 1. The van der Waals surface area contributed by atoms with E-state index in [9.17, 15) is 4.79 Å². The molecule has 1 heterocycles. The van der Waals surface area contributed by atoms with Crippen LogP contribution in [0.5, 0.6) is 0 Å². The van der Waals surface area contributed by atoms with Gasteiger partial charge in [0.15, 0.2) is 0 Å². The molecule has 1 amide bonds. The van der Waals surface area contributed by atoms with Gasteiger partial charge in [0, 0.05) is 25.7 Å². The van der Waals surface area contributed by atoms with Gasteiger partial charge in [-0.05, 0) is 30.7 Å². The summed E-state index contributed by atoms with van der Waals surface area (Å²) in [5.41, 5.74) is 1.27.